The number of amides is 1. The van der Waals surface area contributed by atoms with E-state index in [1.54, 1.807) is 6.07 Å². The quantitative estimate of drug-likeness (QED) is 0.873. The van der Waals surface area contributed by atoms with E-state index in [0.717, 1.165) is 13.0 Å². The number of hydrogen-bond donors (Lipinski definition) is 2. The Hall–Kier alpha value is -1.64. The molecule has 0 aromatic heterocycles. The molecule has 0 aliphatic carbocycles. The van der Waals surface area contributed by atoms with Gasteiger partial charge in [0.25, 0.3) is 0 Å². The first-order valence-corrected chi connectivity index (χ1v) is 5.85. The molecule has 0 unspecified atom stereocenters. The van der Waals surface area contributed by atoms with Gasteiger partial charge in [0.15, 0.2) is 0 Å². The summed E-state index contributed by atoms with van der Waals surface area (Å²) in [6.07, 6.45) is 0.791. The zero-order valence-corrected chi connectivity index (χ0v) is 11.3. The van der Waals surface area contributed by atoms with Crippen LogP contribution in [0.5, 0.6) is 0 Å². The van der Waals surface area contributed by atoms with E-state index < -0.39 is 5.82 Å². The molecular weight excluding hydrogens is 269 g/mol. The lowest BCUT2D eigenvalue weighted by molar-refractivity contribution is -0.120. The Balaban J connectivity index is 0.00000180. The highest BCUT2D eigenvalue weighted by atomic mass is 35.5. The highest BCUT2D eigenvalue weighted by molar-refractivity contribution is 5.93. The van der Waals surface area contributed by atoms with Gasteiger partial charge < -0.3 is 10.6 Å². The van der Waals surface area contributed by atoms with E-state index in [2.05, 4.69) is 10.6 Å². The van der Waals surface area contributed by atoms with Gasteiger partial charge in [0.1, 0.15) is 11.9 Å². The zero-order chi connectivity index (χ0) is 13.1. The fourth-order valence-corrected chi connectivity index (χ4v) is 2.14. The SMILES string of the molecule is C[C@@H]1NCC[C@@H]1C(=O)Nc1ccc(F)c(C#N)c1.Cl. The predicted octanol–water partition coefficient (Wildman–Crippen LogP) is 2.06. The lowest BCUT2D eigenvalue weighted by Crippen LogP contribution is -2.32. The number of carbonyl (C=O) groups excluding carboxylic acids is 1. The summed E-state index contributed by atoms with van der Waals surface area (Å²) >= 11 is 0. The molecule has 1 aromatic carbocycles. The third kappa shape index (κ3) is 3.43. The molecule has 1 heterocycles. The van der Waals surface area contributed by atoms with Crippen molar-refractivity contribution in [3.05, 3.63) is 29.6 Å². The van der Waals surface area contributed by atoms with E-state index in [4.69, 9.17) is 5.26 Å². The van der Waals surface area contributed by atoms with Gasteiger partial charge in [0.2, 0.25) is 5.91 Å². The fourth-order valence-electron chi connectivity index (χ4n) is 2.14. The summed E-state index contributed by atoms with van der Waals surface area (Å²) in [6, 6.07) is 5.88. The lowest BCUT2D eigenvalue weighted by Gasteiger charge is -2.15. The van der Waals surface area contributed by atoms with Crippen LogP contribution in [0.3, 0.4) is 0 Å². The van der Waals surface area contributed by atoms with E-state index in [1.165, 1.54) is 18.2 Å². The van der Waals surface area contributed by atoms with E-state index in [0.29, 0.717) is 5.69 Å². The maximum absolute atomic E-state index is 13.1. The molecule has 2 atom stereocenters. The van der Waals surface area contributed by atoms with E-state index in [-0.39, 0.29) is 35.8 Å². The number of anilines is 1. The molecule has 6 heteroatoms. The Labute approximate surface area is 117 Å². The fraction of sp³-hybridized carbons (Fsp3) is 0.385. The molecule has 19 heavy (non-hydrogen) atoms. The molecule has 0 spiro atoms. The minimum absolute atomic E-state index is 0. The molecule has 1 aliphatic heterocycles. The average Bonchev–Trinajstić information content (AvgIpc) is 2.78. The Kier molecular flexibility index (Phi) is 5.28. The second-order valence-electron chi connectivity index (χ2n) is 4.43. The molecule has 0 radical (unpaired) electrons. The Morgan fingerprint density at radius 1 is 1.58 bits per heavy atom. The molecule has 1 aliphatic rings. The summed E-state index contributed by atoms with van der Waals surface area (Å²) in [5, 5.41) is 14.6. The summed E-state index contributed by atoms with van der Waals surface area (Å²) in [5.74, 6) is -0.755. The summed E-state index contributed by atoms with van der Waals surface area (Å²) in [4.78, 5) is 12.0. The number of nitrogens with zero attached hydrogens (tertiary/aromatic N) is 1. The van der Waals surface area contributed by atoms with Crippen LogP contribution in [0.25, 0.3) is 0 Å². The van der Waals surface area contributed by atoms with E-state index >= 15 is 0 Å². The molecule has 1 saturated heterocycles. The van der Waals surface area contributed by atoms with Crippen LogP contribution in [0.15, 0.2) is 18.2 Å². The summed E-state index contributed by atoms with van der Waals surface area (Å²) in [7, 11) is 0. The predicted molar refractivity (Wildman–Crippen MR) is 72.6 cm³/mol. The third-order valence-corrected chi connectivity index (χ3v) is 3.22. The highest BCUT2D eigenvalue weighted by Gasteiger charge is 2.29. The van der Waals surface area contributed by atoms with Crippen LogP contribution >= 0.6 is 12.4 Å². The number of nitrogens with one attached hydrogen (secondary N) is 2. The van der Waals surface area contributed by atoms with Crippen molar-refractivity contribution in [1.29, 1.82) is 5.26 Å². The summed E-state index contributed by atoms with van der Waals surface area (Å²) < 4.78 is 13.1. The smallest absolute Gasteiger partial charge is 0.229 e. The van der Waals surface area contributed by atoms with Crippen LogP contribution in [-0.2, 0) is 4.79 Å². The highest BCUT2D eigenvalue weighted by Crippen LogP contribution is 2.19. The first-order valence-electron chi connectivity index (χ1n) is 5.85. The molecule has 0 bridgehead atoms. The van der Waals surface area contributed by atoms with Crippen LogP contribution in [0.2, 0.25) is 0 Å². The molecule has 2 N–H and O–H groups in total. The van der Waals surface area contributed by atoms with Gasteiger partial charge >= 0.3 is 0 Å². The van der Waals surface area contributed by atoms with Crippen molar-refractivity contribution in [2.24, 2.45) is 5.92 Å². The number of rotatable bonds is 2. The third-order valence-electron chi connectivity index (χ3n) is 3.22. The molecule has 4 nitrogen and oxygen atoms in total. The largest absolute Gasteiger partial charge is 0.326 e. The first-order chi connectivity index (χ1) is 8.61. The van der Waals surface area contributed by atoms with Crippen LogP contribution in [-0.4, -0.2) is 18.5 Å². The zero-order valence-electron chi connectivity index (χ0n) is 10.4. The van der Waals surface area contributed by atoms with Crippen molar-refractivity contribution in [1.82, 2.24) is 5.32 Å². The van der Waals surface area contributed by atoms with Gasteiger partial charge in [0, 0.05) is 11.7 Å². The topological polar surface area (TPSA) is 64.9 Å². The molecule has 102 valence electrons. The van der Waals surface area contributed by atoms with Gasteiger partial charge in [-0.25, -0.2) is 4.39 Å². The van der Waals surface area contributed by atoms with E-state index in [1.807, 2.05) is 6.92 Å². The maximum Gasteiger partial charge on any atom is 0.229 e. The number of halogens is 2. The minimum atomic E-state index is -0.577. The van der Waals surface area contributed by atoms with Crippen molar-refractivity contribution in [3.8, 4) is 6.07 Å². The Morgan fingerprint density at radius 2 is 2.32 bits per heavy atom. The number of nitriles is 1. The van der Waals surface area contributed by atoms with Crippen molar-refractivity contribution in [3.63, 3.8) is 0 Å². The monoisotopic (exact) mass is 283 g/mol. The molecule has 1 fully saturated rings. The molecular formula is C13H15ClFN3O. The molecule has 2 rings (SSSR count). The first kappa shape index (κ1) is 15.4. The normalized spacial score (nSPS) is 21.3. The molecule has 1 amide bonds. The van der Waals surface area contributed by atoms with Crippen molar-refractivity contribution >= 4 is 24.0 Å². The van der Waals surface area contributed by atoms with Crippen LogP contribution < -0.4 is 10.6 Å². The van der Waals surface area contributed by atoms with Crippen LogP contribution in [0.4, 0.5) is 10.1 Å². The van der Waals surface area contributed by atoms with Crippen molar-refractivity contribution in [2.75, 3.05) is 11.9 Å². The molecule has 1 aromatic rings. The number of hydrogen-bond acceptors (Lipinski definition) is 3. The lowest BCUT2D eigenvalue weighted by atomic mass is 10.0. The maximum atomic E-state index is 13.1. The second-order valence-corrected chi connectivity index (χ2v) is 4.43. The Morgan fingerprint density at radius 3 is 2.89 bits per heavy atom. The van der Waals surface area contributed by atoms with Gasteiger partial charge in [0.05, 0.1) is 11.5 Å². The van der Waals surface area contributed by atoms with E-state index in [9.17, 15) is 9.18 Å². The summed E-state index contributed by atoms with van der Waals surface area (Å²) in [6.45, 7) is 2.79. The van der Waals surface area contributed by atoms with Crippen LogP contribution in [0, 0.1) is 23.1 Å². The van der Waals surface area contributed by atoms with Gasteiger partial charge in [-0.05, 0) is 38.1 Å². The number of benzene rings is 1. The molecule has 0 saturated carbocycles. The van der Waals surface area contributed by atoms with Crippen LogP contribution in [0.1, 0.15) is 18.9 Å². The summed E-state index contributed by atoms with van der Waals surface area (Å²) in [5.41, 5.74) is 0.391. The van der Waals surface area contributed by atoms with Crippen molar-refractivity contribution in [2.45, 2.75) is 19.4 Å². The number of carbonyl (C=O) groups is 1. The van der Waals surface area contributed by atoms with Gasteiger partial charge in [-0.1, -0.05) is 0 Å². The van der Waals surface area contributed by atoms with Crippen molar-refractivity contribution < 1.29 is 9.18 Å². The van der Waals surface area contributed by atoms with Gasteiger partial charge in [-0.15, -0.1) is 12.4 Å². The van der Waals surface area contributed by atoms with Gasteiger partial charge in [-0.2, -0.15) is 5.26 Å². The minimum Gasteiger partial charge on any atom is -0.326 e. The second kappa shape index (κ2) is 6.50. The van der Waals surface area contributed by atoms with Gasteiger partial charge in [-0.3, -0.25) is 4.79 Å². The average molecular weight is 284 g/mol. The standard InChI is InChI=1S/C13H14FN3O.ClH/c1-8-11(4-5-16-8)13(18)17-10-2-3-12(14)9(6-10)7-15;/h2-3,6,8,11,16H,4-5H2,1H3,(H,17,18);1H/t8-,11-;/m0./s1. The Bertz CT molecular complexity index is 515.